The smallest absolute Gasteiger partial charge is 0.332 e. The highest BCUT2D eigenvalue weighted by Gasteiger charge is 2.21. The van der Waals surface area contributed by atoms with Crippen LogP contribution in [-0.2, 0) is 4.74 Å². The Labute approximate surface area is 122 Å². The second kappa shape index (κ2) is 8.32. The molecule has 1 rings (SSSR count). The maximum Gasteiger partial charge on any atom is 0.332 e. The number of nitro groups is 1. The molecule has 0 aromatic carbocycles. The summed E-state index contributed by atoms with van der Waals surface area (Å²) in [5.74, 6) is 0.480. The largest absolute Gasteiger partial charge is 0.391 e. The first-order valence-electron chi connectivity index (χ1n) is 6.67. The molecule has 1 heterocycles. The molecule has 0 saturated carbocycles. The molecule has 0 aliphatic rings. The molecule has 21 heavy (non-hydrogen) atoms. The summed E-state index contributed by atoms with van der Waals surface area (Å²) in [4.78, 5) is 18.7. The summed E-state index contributed by atoms with van der Waals surface area (Å²) < 4.78 is 4.82. The number of nitrogens with one attached hydrogen (secondary N) is 2. The van der Waals surface area contributed by atoms with Crippen LogP contribution >= 0.6 is 0 Å². The van der Waals surface area contributed by atoms with Crippen LogP contribution in [0.25, 0.3) is 0 Å². The summed E-state index contributed by atoms with van der Waals surface area (Å²) in [5.41, 5.74) is 0.128. The molecule has 0 radical (unpaired) electrons. The van der Waals surface area contributed by atoms with Crippen molar-refractivity contribution in [2.24, 2.45) is 0 Å². The molecule has 0 amide bonds. The fraction of sp³-hybridized carbons (Fsp3) is 0.667. The molecular weight excluding hydrogens is 278 g/mol. The average molecular weight is 299 g/mol. The molecule has 118 valence electrons. The van der Waals surface area contributed by atoms with Crippen LogP contribution in [0, 0.1) is 17.0 Å². The molecule has 0 aliphatic heterocycles. The highest BCUT2D eigenvalue weighted by molar-refractivity contribution is 5.60. The van der Waals surface area contributed by atoms with Gasteiger partial charge in [-0.15, -0.1) is 0 Å². The summed E-state index contributed by atoms with van der Waals surface area (Å²) in [5, 5.41) is 26.5. The van der Waals surface area contributed by atoms with E-state index in [0.717, 1.165) is 0 Å². The Hall–Kier alpha value is -2.00. The van der Waals surface area contributed by atoms with Crippen LogP contribution in [0.4, 0.5) is 17.5 Å². The van der Waals surface area contributed by atoms with Crippen LogP contribution in [0.2, 0.25) is 0 Å². The normalized spacial score (nSPS) is 12.0. The van der Waals surface area contributed by atoms with Gasteiger partial charge in [0.25, 0.3) is 0 Å². The van der Waals surface area contributed by atoms with E-state index < -0.39 is 11.0 Å². The maximum absolute atomic E-state index is 11.1. The molecule has 0 saturated heterocycles. The molecule has 9 nitrogen and oxygen atoms in total. The van der Waals surface area contributed by atoms with E-state index in [9.17, 15) is 15.2 Å². The van der Waals surface area contributed by atoms with E-state index in [1.807, 2.05) is 6.92 Å². The van der Waals surface area contributed by atoms with E-state index in [4.69, 9.17) is 4.74 Å². The van der Waals surface area contributed by atoms with Crippen LogP contribution in [0.1, 0.15) is 19.0 Å². The van der Waals surface area contributed by atoms with Gasteiger partial charge in [-0.25, -0.2) is 4.98 Å². The SMILES string of the molecule is CCNc1nc(C)c([N+](=O)[O-])c(NCCC(O)COC)n1. The molecule has 0 spiro atoms. The molecular formula is C12H21N5O4. The Bertz CT molecular complexity index is 483. The van der Waals surface area contributed by atoms with E-state index >= 15 is 0 Å². The Kier molecular flexibility index (Phi) is 6.76. The van der Waals surface area contributed by atoms with Crippen LogP contribution in [0.5, 0.6) is 0 Å². The molecule has 0 aliphatic carbocycles. The highest BCUT2D eigenvalue weighted by Crippen LogP contribution is 2.26. The first-order chi connectivity index (χ1) is 9.99. The number of ether oxygens (including phenoxy) is 1. The maximum atomic E-state index is 11.1. The van der Waals surface area contributed by atoms with E-state index in [1.165, 1.54) is 7.11 Å². The van der Waals surface area contributed by atoms with Gasteiger partial charge < -0.3 is 20.5 Å². The minimum atomic E-state index is -0.627. The van der Waals surface area contributed by atoms with Crippen molar-refractivity contribution in [2.45, 2.75) is 26.4 Å². The lowest BCUT2D eigenvalue weighted by molar-refractivity contribution is -0.385. The van der Waals surface area contributed by atoms with Gasteiger partial charge in [-0.3, -0.25) is 10.1 Å². The fourth-order valence-corrected chi connectivity index (χ4v) is 1.78. The van der Waals surface area contributed by atoms with Gasteiger partial charge in [-0.1, -0.05) is 0 Å². The third-order valence-corrected chi connectivity index (χ3v) is 2.70. The zero-order valence-corrected chi connectivity index (χ0v) is 12.4. The topological polar surface area (TPSA) is 122 Å². The number of rotatable bonds is 9. The van der Waals surface area contributed by atoms with Crippen LogP contribution in [0.15, 0.2) is 0 Å². The lowest BCUT2D eigenvalue weighted by Gasteiger charge is -2.12. The Balaban J connectivity index is 2.84. The van der Waals surface area contributed by atoms with E-state index in [2.05, 4.69) is 20.6 Å². The first kappa shape index (κ1) is 17.1. The van der Waals surface area contributed by atoms with Gasteiger partial charge >= 0.3 is 5.69 Å². The minimum Gasteiger partial charge on any atom is -0.391 e. The molecule has 1 aromatic rings. The lowest BCUT2D eigenvalue weighted by atomic mass is 10.2. The van der Waals surface area contributed by atoms with Gasteiger partial charge in [-0.05, 0) is 20.3 Å². The van der Waals surface area contributed by atoms with Crippen molar-refractivity contribution in [2.75, 3.05) is 37.4 Å². The van der Waals surface area contributed by atoms with Crippen molar-refractivity contribution >= 4 is 17.5 Å². The average Bonchev–Trinajstić information content (AvgIpc) is 2.38. The summed E-state index contributed by atoms with van der Waals surface area (Å²) in [6.07, 6.45) is -0.234. The van der Waals surface area contributed by atoms with Crippen molar-refractivity contribution < 1.29 is 14.8 Å². The number of aromatic nitrogens is 2. The minimum absolute atomic E-state index is 0.146. The Morgan fingerprint density at radius 2 is 2.14 bits per heavy atom. The predicted molar refractivity (Wildman–Crippen MR) is 78.6 cm³/mol. The summed E-state index contributed by atoms with van der Waals surface area (Å²) >= 11 is 0. The Morgan fingerprint density at radius 3 is 2.71 bits per heavy atom. The van der Waals surface area contributed by atoms with Gasteiger partial charge in [0.2, 0.25) is 11.8 Å². The molecule has 1 aromatic heterocycles. The van der Waals surface area contributed by atoms with Crippen molar-refractivity contribution in [1.82, 2.24) is 9.97 Å². The van der Waals surface area contributed by atoms with Crippen LogP contribution in [-0.4, -0.2) is 52.9 Å². The van der Waals surface area contributed by atoms with Crippen molar-refractivity contribution in [3.8, 4) is 0 Å². The third kappa shape index (κ3) is 5.12. The summed E-state index contributed by atoms with van der Waals surface area (Å²) in [6, 6.07) is 0. The fourth-order valence-electron chi connectivity index (χ4n) is 1.78. The van der Waals surface area contributed by atoms with Gasteiger partial charge in [0, 0.05) is 20.2 Å². The van der Waals surface area contributed by atoms with E-state index in [-0.39, 0.29) is 23.8 Å². The quantitative estimate of drug-likeness (QED) is 0.454. The van der Waals surface area contributed by atoms with Gasteiger partial charge in [0.05, 0.1) is 17.6 Å². The number of hydrogen-bond donors (Lipinski definition) is 3. The summed E-state index contributed by atoms with van der Waals surface area (Å²) in [6.45, 7) is 4.62. The van der Waals surface area contributed by atoms with Gasteiger partial charge in [0.15, 0.2) is 0 Å². The highest BCUT2D eigenvalue weighted by atomic mass is 16.6. The predicted octanol–water partition coefficient (Wildman–Crippen LogP) is 0.934. The van der Waals surface area contributed by atoms with Crippen molar-refractivity contribution in [1.29, 1.82) is 0 Å². The van der Waals surface area contributed by atoms with Crippen molar-refractivity contribution in [3.63, 3.8) is 0 Å². The summed E-state index contributed by atoms with van der Waals surface area (Å²) in [7, 11) is 1.50. The zero-order valence-electron chi connectivity index (χ0n) is 12.4. The monoisotopic (exact) mass is 299 g/mol. The zero-order chi connectivity index (χ0) is 15.8. The molecule has 3 N–H and O–H groups in total. The molecule has 1 atom stereocenters. The van der Waals surface area contributed by atoms with Crippen molar-refractivity contribution in [3.05, 3.63) is 15.8 Å². The number of hydrogen-bond acceptors (Lipinski definition) is 8. The third-order valence-electron chi connectivity index (χ3n) is 2.70. The van der Waals surface area contributed by atoms with E-state index in [0.29, 0.717) is 25.5 Å². The second-order valence-corrected chi connectivity index (χ2v) is 4.44. The van der Waals surface area contributed by atoms with Crippen LogP contribution in [0.3, 0.4) is 0 Å². The first-order valence-corrected chi connectivity index (χ1v) is 6.67. The van der Waals surface area contributed by atoms with E-state index in [1.54, 1.807) is 6.92 Å². The lowest BCUT2D eigenvalue weighted by Crippen LogP contribution is -2.19. The number of aliphatic hydroxyl groups is 1. The second-order valence-electron chi connectivity index (χ2n) is 4.44. The van der Waals surface area contributed by atoms with Gasteiger partial charge in [0.1, 0.15) is 5.69 Å². The number of anilines is 2. The number of aryl methyl sites for hydroxylation is 1. The Morgan fingerprint density at radius 1 is 1.43 bits per heavy atom. The van der Waals surface area contributed by atoms with Crippen LogP contribution < -0.4 is 10.6 Å². The number of aliphatic hydroxyl groups excluding tert-OH is 1. The molecule has 0 fully saturated rings. The standard InChI is InChI=1S/C12H21N5O4/c1-4-13-12-15-8(2)10(17(19)20)11(16-12)14-6-5-9(18)7-21-3/h9,18H,4-7H2,1-3H3,(H2,13,14,15,16). The number of nitrogens with zero attached hydrogens (tertiary/aromatic N) is 3. The molecule has 9 heteroatoms. The molecule has 0 bridgehead atoms. The molecule has 1 unspecified atom stereocenters. The number of methoxy groups -OCH3 is 1. The van der Waals surface area contributed by atoms with Gasteiger partial charge in [-0.2, -0.15) is 4.98 Å².